The van der Waals surface area contributed by atoms with Gasteiger partial charge in [-0.2, -0.15) is 0 Å². The van der Waals surface area contributed by atoms with Crippen molar-refractivity contribution in [3.05, 3.63) is 47.3 Å². The van der Waals surface area contributed by atoms with E-state index in [9.17, 15) is 14.4 Å². The van der Waals surface area contributed by atoms with Crippen LogP contribution in [0, 0.1) is 0 Å². The molecule has 0 radical (unpaired) electrons. The average molecular weight is 474 g/mol. The lowest BCUT2D eigenvalue weighted by molar-refractivity contribution is -0.113. The van der Waals surface area contributed by atoms with Gasteiger partial charge in [-0.15, -0.1) is 10.2 Å². The predicted molar refractivity (Wildman–Crippen MR) is 118 cm³/mol. The second-order valence-corrected chi connectivity index (χ2v) is 9.05. The van der Waals surface area contributed by atoms with Crippen LogP contribution in [-0.2, 0) is 9.53 Å². The first-order valence-electron chi connectivity index (χ1n) is 9.83. The molecule has 2 heterocycles. The minimum atomic E-state index is -0.419. The minimum absolute atomic E-state index is 0.107. The first-order valence-corrected chi connectivity index (χ1v) is 11.6. The van der Waals surface area contributed by atoms with Crippen LogP contribution in [0.1, 0.15) is 52.3 Å². The zero-order chi connectivity index (χ0) is 22.5. The molecule has 0 bridgehead atoms. The fourth-order valence-electron chi connectivity index (χ4n) is 2.66. The van der Waals surface area contributed by atoms with Crippen LogP contribution in [-0.4, -0.2) is 45.5 Å². The molecule has 2 amide bonds. The number of esters is 1. The lowest BCUT2D eigenvalue weighted by atomic mass is 10.2. The largest absolute Gasteiger partial charge is 0.462 e. The van der Waals surface area contributed by atoms with Gasteiger partial charge >= 0.3 is 5.97 Å². The molecule has 3 aromatic rings. The molecular formula is C20H19N5O5S2. The van der Waals surface area contributed by atoms with Gasteiger partial charge in [0.1, 0.15) is 5.76 Å². The van der Waals surface area contributed by atoms with E-state index < -0.39 is 11.9 Å². The Morgan fingerprint density at radius 2 is 1.97 bits per heavy atom. The third kappa shape index (κ3) is 5.71. The number of nitrogens with one attached hydrogen (secondary N) is 2. The van der Waals surface area contributed by atoms with Crippen LogP contribution in [0.2, 0.25) is 0 Å². The number of benzene rings is 1. The van der Waals surface area contributed by atoms with E-state index >= 15 is 0 Å². The number of thioether (sulfide) groups is 1. The van der Waals surface area contributed by atoms with Gasteiger partial charge in [-0.3, -0.25) is 14.9 Å². The highest BCUT2D eigenvalue weighted by atomic mass is 32.2. The molecule has 0 aliphatic heterocycles. The Hall–Kier alpha value is -3.25. The summed E-state index contributed by atoms with van der Waals surface area (Å²) in [6.45, 7) is 2.04. The molecule has 1 saturated carbocycles. The van der Waals surface area contributed by atoms with Crippen LogP contribution in [0.3, 0.4) is 0 Å². The number of aromatic nitrogens is 3. The molecule has 1 aromatic carbocycles. The van der Waals surface area contributed by atoms with Crippen molar-refractivity contribution in [3.63, 3.8) is 0 Å². The van der Waals surface area contributed by atoms with Gasteiger partial charge in [0, 0.05) is 17.7 Å². The summed E-state index contributed by atoms with van der Waals surface area (Å²) in [7, 11) is 0. The van der Waals surface area contributed by atoms with Gasteiger partial charge in [-0.05, 0) is 44.0 Å². The normalized spacial score (nSPS) is 12.9. The molecule has 0 atom stereocenters. The lowest BCUT2D eigenvalue weighted by Crippen LogP contribution is -2.14. The number of amides is 2. The van der Waals surface area contributed by atoms with Gasteiger partial charge < -0.3 is 14.6 Å². The average Bonchev–Trinajstić information content (AvgIpc) is 3.33. The Bertz CT molecular complexity index is 1120. The number of hydrogen-bond donors (Lipinski definition) is 2. The lowest BCUT2D eigenvalue weighted by Gasteiger charge is -2.05. The van der Waals surface area contributed by atoms with Crippen molar-refractivity contribution < 1.29 is 23.6 Å². The topological polar surface area (TPSA) is 136 Å². The van der Waals surface area contributed by atoms with E-state index in [4.69, 9.17) is 9.26 Å². The maximum atomic E-state index is 12.3. The summed E-state index contributed by atoms with van der Waals surface area (Å²) in [5.74, 6) is 0.135. The van der Waals surface area contributed by atoms with Crippen LogP contribution >= 0.6 is 23.1 Å². The molecule has 0 saturated heterocycles. The third-order valence-electron chi connectivity index (χ3n) is 4.37. The van der Waals surface area contributed by atoms with Crippen LogP contribution in [0.25, 0.3) is 0 Å². The van der Waals surface area contributed by atoms with Crippen molar-refractivity contribution in [2.24, 2.45) is 0 Å². The summed E-state index contributed by atoms with van der Waals surface area (Å²) >= 11 is 2.35. The zero-order valence-corrected chi connectivity index (χ0v) is 18.6. The number of anilines is 2. The van der Waals surface area contributed by atoms with Gasteiger partial charge in [-0.1, -0.05) is 28.3 Å². The first kappa shape index (κ1) is 22.0. The van der Waals surface area contributed by atoms with E-state index in [0.29, 0.717) is 33.2 Å². The van der Waals surface area contributed by atoms with Crippen molar-refractivity contribution in [2.75, 3.05) is 23.0 Å². The van der Waals surface area contributed by atoms with Crippen molar-refractivity contribution >= 4 is 51.7 Å². The minimum Gasteiger partial charge on any atom is -0.462 e. The summed E-state index contributed by atoms with van der Waals surface area (Å²) in [5, 5.41) is 17.4. The quantitative estimate of drug-likeness (QED) is 0.271. The molecule has 2 N–H and O–H groups in total. The highest BCUT2D eigenvalue weighted by Crippen LogP contribution is 2.40. The predicted octanol–water partition coefficient (Wildman–Crippen LogP) is 3.56. The van der Waals surface area contributed by atoms with Crippen molar-refractivity contribution in [3.8, 4) is 0 Å². The standard InChI is InChI=1S/C20H19N5O5S2/c1-2-29-18(28)12-5-7-13(8-6-12)21-16(26)10-31-20-24-23-19(32-20)22-17(27)14-9-15(30-25-14)11-3-4-11/h5-9,11H,2-4,10H2,1H3,(H,21,26)(H,22,23,27). The Morgan fingerprint density at radius 1 is 1.19 bits per heavy atom. The summed E-state index contributed by atoms with van der Waals surface area (Å²) in [6.07, 6.45) is 2.11. The van der Waals surface area contributed by atoms with Gasteiger partial charge in [0.15, 0.2) is 10.0 Å². The fourth-order valence-corrected chi connectivity index (χ4v) is 4.21. The van der Waals surface area contributed by atoms with E-state index in [1.807, 2.05) is 0 Å². The van der Waals surface area contributed by atoms with Crippen LogP contribution in [0.5, 0.6) is 0 Å². The van der Waals surface area contributed by atoms with Crippen molar-refractivity contribution in [1.29, 1.82) is 0 Å². The number of carbonyl (C=O) groups is 3. The third-order valence-corrected chi connectivity index (χ3v) is 6.35. The van der Waals surface area contributed by atoms with Crippen LogP contribution < -0.4 is 10.6 Å². The number of hydrogen-bond acceptors (Lipinski definition) is 10. The molecule has 12 heteroatoms. The summed E-state index contributed by atoms with van der Waals surface area (Å²) in [6, 6.07) is 8.08. The molecule has 1 aliphatic rings. The molecule has 1 aliphatic carbocycles. The summed E-state index contributed by atoms with van der Waals surface area (Å²) in [5.41, 5.74) is 1.17. The number of nitrogens with zero attached hydrogens (tertiary/aromatic N) is 3. The molecule has 2 aromatic heterocycles. The van der Waals surface area contributed by atoms with Crippen molar-refractivity contribution in [2.45, 2.75) is 30.0 Å². The summed E-state index contributed by atoms with van der Waals surface area (Å²) in [4.78, 5) is 36.1. The molecule has 0 spiro atoms. The van der Waals surface area contributed by atoms with E-state index in [1.54, 1.807) is 37.3 Å². The number of carbonyl (C=O) groups excluding carboxylic acids is 3. The maximum absolute atomic E-state index is 12.3. The van der Waals surface area contributed by atoms with Gasteiger partial charge in [0.05, 0.1) is 17.9 Å². The number of rotatable bonds is 9. The molecule has 10 nitrogen and oxygen atoms in total. The smallest absolute Gasteiger partial charge is 0.338 e. The van der Waals surface area contributed by atoms with Crippen molar-refractivity contribution in [1.82, 2.24) is 15.4 Å². The Morgan fingerprint density at radius 3 is 2.69 bits per heavy atom. The Labute approximate surface area is 191 Å². The van der Waals surface area contributed by atoms with E-state index in [0.717, 1.165) is 29.9 Å². The molecule has 1 fully saturated rings. The van der Waals surface area contributed by atoms with Gasteiger partial charge in [0.25, 0.3) is 5.91 Å². The highest BCUT2D eigenvalue weighted by molar-refractivity contribution is 8.01. The number of ether oxygens (including phenoxy) is 1. The molecular weight excluding hydrogens is 454 g/mol. The highest BCUT2D eigenvalue weighted by Gasteiger charge is 2.29. The monoisotopic (exact) mass is 473 g/mol. The molecule has 166 valence electrons. The Kier molecular flexibility index (Phi) is 6.81. The van der Waals surface area contributed by atoms with E-state index in [-0.39, 0.29) is 17.4 Å². The molecule has 0 unspecified atom stereocenters. The fraction of sp³-hybridized carbons (Fsp3) is 0.300. The first-order chi connectivity index (χ1) is 15.5. The Balaban J connectivity index is 1.24. The van der Waals surface area contributed by atoms with Crippen LogP contribution in [0.4, 0.5) is 10.8 Å². The summed E-state index contributed by atoms with van der Waals surface area (Å²) < 4.78 is 10.6. The SMILES string of the molecule is CCOC(=O)c1ccc(NC(=O)CSc2nnc(NC(=O)c3cc(C4CC4)on3)s2)cc1. The second-order valence-electron chi connectivity index (χ2n) is 6.85. The molecule has 4 rings (SSSR count). The molecule has 32 heavy (non-hydrogen) atoms. The maximum Gasteiger partial charge on any atom is 0.338 e. The van der Waals surface area contributed by atoms with Crippen LogP contribution in [0.15, 0.2) is 39.2 Å². The van der Waals surface area contributed by atoms with E-state index in [2.05, 4.69) is 26.0 Å². The second kappa shape index (κ2) is 9.92. The van der Waals surface area contributed by atoms with Gasteiger partial charge in [0.2, 0.25) is 11.0 Å². The van der Waals surface area contributed by atoms with Gasteiger partial charge in [-0.25, -0.2) is 4.79 Å². The zero-order valence-electron chi connectivity index (χ0n) is 17.0. The van der Waals surface area contributed by atoms with E-state index in [1.165, 1.54) is 11.8 Å².